The van der Waals surface area contributed by atoms with E-state index in [9.17, 15) is 9.90 Å². The van der Waals surface area contributed by atoms with Crippen molar-refractivity contribution in [1.82, 2.24) is 14.9 Å². The zero-order valence-electron chi connectivity index (χ0n) is 14.4. The average molecular weight is 342 g/mol. The SMILES string of the molecule is CC[C@@H](C)c1ncc(NC(=O)N2CCOc3cc(O)ccc3C2)cn1. The van der Waals surface area contributed by atoms with Gasteiger partial charge in [0.1, 0.15) is 23.9 Å². The fourth-order valence-electron chi connectivity index (χ4n) is 2.57. The molecule has 2 N–H and O–H groups in total. The highest BCUT2D eigenvalue weighted by Crippen LogP contribution is 2.27. The maximum absolute atomic E-state index is 12.5. The number of aromatic nitrogens is 2. The van der Waals surface area contributed by atoms with Crippen LogP contribution in [0.5, 0.6) is 11.5 Å². The van der Waals surface area contributed by atoms with Gasteiger partial charge in [-0.15, -0.1) is 0 Å². The van der Waals surface area contributed by atoms with Crippen molar-refractivity contribution < 1.29 is 14.6 Å². The van der Waals surface area contributed by atoms with E-state index in [0.717, 1.165) is 17.8 Å². The summed E-state index contributed by atoms with van der Waals surface area (Å²) in [5.74, 6) is 1.82. The maximum Gasteiger partial charge on any atom is 0.322 e. The Morgan fingerprint density at radius 1 is 1.40 bits per heavy atom. The summed E-state index contributed by atoms with van der Waals surface area (Å²) in [6, 6.07) is 4.69. The summed E-state index contributed by atoms with van der Waals surface area (Å²) < 4.78 is 5.61. The Morgan fingerprint density at radius 2 is 2.16 bits per heavy atom. The van der Waals surface area contributed by atoms with Crippen LogP contribution in [0.1, 0.15) is 37.6 Å². The first-order valence-electron chi connectivity index (χ1n) is 8.39. The van der Waals surface area contributed by atoms with Crippen molar-refractivity contribution in [1.29, 1.82) is 0 Å². The number of nitrogens with one attached hydrogen (secondary N) is 1. The van der Waals surface area contributed by atoms with Gasteiger partial charge in [-0.05, 0) is 18.6 Å². The monoisotopic (exact) mass is 342 g/mol. The zero-order valence-corrected chi connectivity index (χ0v) is 14.4. The van der Waals surface area contributed by atoms with Crippen LogP contribution >= 0.6 is 0 Å². The van der Waals surface area contributed by atoms with Crippen molar-refractivity contribution in [3.05, 3.63) is 42.0 Å². The number of carbonyl (C=O) groups is 1. The Morgan fingerprint density at radius 3 is 2.88 bits per heavy atom. The molecule has 7 heteroatoms. The Hall–Kier alpha value is -2.83. The van der Waals surface area contributed by atoms with Crippen LogP contribution < -0.4 is 10.1 Å². The van der Waals surface area contributed by atoms with Crippen molar-refractivity contribution in [2.45, 2.75) is 32.7 Å². The molecule has 2 amide bonds. The molecule has 0 bridgehead atoms. The predicted molar refractivity (Wildman–Crippen MR) is 93.8 cm³/mol. The van der Waals surface area contributed by atoms with E-state index >= 15 is 0 Å². The maximum atomic E-state index is 12.5. The van der Waals surface area contributed by atoms with Crippen molar-refractivity contribution in [3.8, 4) is 11.5 Å². The number of rotatable bonds is 3. The number of anilines is 1. The van der Waals surface area contributed by atoms with Crippen molar-refractivity contribution >= 4 is 11.7 Å². The number of aromatic hydroxyl groups is 1. The standard InChI is InChI=1S/C18H22N4O3/c1-3-12(2)17-19-9-14(10-20-17)21-18(24)22-6-7-25-16-8-15(23)5-4-13(16)11-22/h4-5,8-10,12,23H,3,6-7,11H2,1-2H3,(H,21,24)/t12-/m1/s1. The minimum atomic E-state index is -0.232. The van der Waals surface area contributed by atoms with Gasteiger partial charge in [0.25, 0.3) is 0 Å². The number of phenols is 1. The number of phenolic OH excluding ortho intramolecular Hbond substituents is 1. The number of benzene rings is 1. The molecule has 0 fully saturated rings. The second kappa shape index (κ2) is 7.38. The van der Waals surface area contributed by atoms with Crippen LogP contribution in [0.15, 0.2) is 30.6 Å². The molecule has 1 aromatic heterocycles. The molecule has 0 unspecified atom stereocenters. The van der Waals surface area contributed by atoms with Crippen molar-refractivity contribution in [2.24, 2.45) is 0 Å². The first kappa shape index (κ1) is 17.0. The average Bonchev–Trinajstić information content (AvgIpc) is 2.83. The lowest BCUT2D eigenvalue weighted by molar-refractivity contribution is 0.200. The summed E-state index contributed by atoms with van der Waals surface area (Å²) in [4.78, 5) is 22.8. The van der Waals surface area contributed by atoms with Crippen LogP contribution in [0.3, 0.4) is 0 Å². The van der Waals surface area contributed by atoms with Gasteiger partial charge >= 0.3 is 6.03 Å². The Labute approximate surface area is 146 Å². The fourth-order valence-corrected chi connectivity index (χ4v) is 2.57. The van der Waals surface area contributed by atoms with Gasteiger partial charge in [0.2, 0.25) is 0 Å². The quantitative estimate of drug-likeness (QED) is 0.895. The molecule has 0 saturated carbocycles. The van der Waals surface area contributed by atoms with Gasteiger partial charge in [-0.25, -0.2) is 14.8 Å². The Balaban J connectivity index is 1.67. The number of amides is 2. The molecule has 1 aliphatic rings. The van der Waals surface area contributed by atoms with E-state index in [1.807, 2.05) is 0 Å². The van der Waals surface area contributed by atoms with Crippen LogP contribution in [0.2, 0.25) is 0 Å². The molecule has 0 aliphatic carbocycles. The summed E-state index contributed by atoms with van der Waals surface area (Å²) in [7, 11) is 0. The molecule has 0 radical (unpaired) electrons. The minimum Gasteiger partial charge on any atom is -0.508 e. The molecular weight excluding hydrogens is 320 g/mol. The summed E-state index contributed by atoms with van der Waals surface area (Å²) in [5.41, 5.74) is 1.42. The van der Waals surface area contributed by atoms with Gasteiger partial charge in [0.15, 0.2) is 0 Å². The number of nitrogens with zero attached hydrogens (tertiary/aromatic N) is 3. The second-order valence-corrected chi connectivity index (χ2v) is 6.13. The van der Waals surface area contributed by atoms with Gasteiger partial charge in [-0.2, -0.15) is 0 Å². The van der Waals surface area contributed by atoms with E-state index in [2.05, 4.69) is 29.1 Å². The molecule has 0 saturated heterocycles. The highest BCUT2D eigenvalue weighted by atomic mass is 16.5. The van der Waals surface area contributed by atoms with E-state index in [4.69, 9.17) is 4.74 Å². The lowest BCUT2D eigenvalue weighted by atomic mass is 10.1. The normalized spacial score (nSPS) is 14.9. The van der Waals surface area contributed by atoms with Crippen LogP contribution in [0, 0.1) is 0 Å². The zero-order chi connectivity index (χ0) is 17.8. The third-order valence-electron chi connectivity index (χ3n) is 4.29. The van der Waals surface area contributed by atoms with Crippen LogP contribution in [0.4, 0.5) is 10.5 Å². The van der Waals surface area contributed by atoms with E-state index in [1.54, 1.807) is 35.5 Å². The van der Waals surface area contributed by atoms with Crippen molar-refractivity contribution in [2.75, 3.05) is 18.5 Å². The topological polar surface area (TPSA) is 87.6 Å². The van der Waals surface area contributed by atoms with E-state index in [1.165, 1.54) is 0 Å². The van der Waals surface area contributed by atoms with Crippen LogP contribution in [-0.4, -0.2) is 39.2 Å². The van der Waals surface area contributed by atoms with E-state index in [-0.39, 0.29) is 11.8 Å². The summed E-state index contributed by atoms with van der Waals surface area (Å²) in [6.45, 7) is 5.39. The van der Waals surface area contributed by atoms with E-state index in [0.29, 0.717) is 37.1 Å². The van der Waals surface area contributed by atoms with Gasteiger partial charge < -0.3 is 20.1 Å². The lowest BCUT2D eigenvalue weighted by Gasteiger charge is -2.20. The van der Waals surface area contributed by atoms with Gasteiger partial charge in [-0.3, -0.25) is 0 Å². The minimum absolute atomic E-state index is 0.148. The molecule has 132 valence electrons. The molecule has 2 heterocycles. The molecule has 2 aromatic rings. The Bertz CT molecular complexity index is 748. The number of hydrogen-bond donors (Lipinski definition) is 2. The summed E-state index contributed by atoms with van der Waals surface area (Å²) >= 11 is 0. The Kier molecular flexibility index (Phi) is 5.02. The van der Waals surface area contributed by atoms with Crippen LogP contribution in [0.25, 0.3) is 0 Å². The summed E-state index contributed by atoms with van der Waals surface area (Å²) in [6.07, 6.45) is 4.23. The fraction of sp³-hybridized carbons (Fsp3) is 0.389. The first-order chi connectivity index (χ1) is 12.1. The van der Waals surface area contributed by atoms with Crippen LogP contribution in [-0.2, 0) is 6.54 Å². The smallest absolute Gasteiger partial charge is 0.322 e. The molecule has 3 rings (SSSR count). The lowest BCUT2D eigenvalue weighted by Crippen LogP contribution is -2.36. The highest BCUT2D eigenvalue weighted by Gasteiger charge is 2.20. The summed E-state index contributed by atoms with van der Waals surface area (Å²) in [5, 5.41) is 12.4. The third kappa shape index (κ3) is 3.99. The molecule has 1 aromatic carbocycles. The van der Waals surface area contributed by atoms with Gasteiger partial charge in [-0.1, -0.05) is 13.8 Å². The number of urea groups is 1. The van der Waals surface area contributed by atoms with E-state index < -0.39 is 0 Å². The third-order valence-corrected chi connectivity index (χ3v) is 4.29. The van der Waals surface area contributed by atoms with Gasteiger partial charge in [0, 0.05) is 17.5 Å². The molecule has 0 spiro atoms. The molecule has 7 nitrogen and oxygen atoms in total. The molecule has 1 aliphatic heterocycles. The highest BCUT2D eigenvalue weighted by molar-refractivity contribution is 5.89. The number of fused-ring (bicyclic) bond motifs is 1. The predicted octanol–water partition coefficient (Wildman–Crippen LogP) is 3.12. The number of carbonyl (C=O) groups excluding carboxylic acids is 1. The first-order valence-corrected chi connectivity index (χ1v) is 8.39. The largest absolute Gasteiger partial charge is 0.508 e. The molecular formula is C18H22N4O3. The second-order valence-electron chi connectivity index (χ2n) is 6.13. The molecule has 25 heavy (non-hydrogen) atoms. The number of ether oxygens (including phenoxy) is 1. The molecule has 1 atom stereocenters. The van der Waals surface area contributed by atoms with Gasteiger partial charge in [0.05, 0.1) is 31.2 Å². The number of hydrogen-bond acceptors (Lipinski definition) is 5. The van der Waals surface area contributed by atoms with Crippen molar-refractivity contribution in [3.63, 3.8) is 0 Å².